The molecule has 1 atom stereocenters. The van der Waals surface area contributed by atoms with Crippen molar-refractivity contribution in [1.82, 2.24) is 14.9 Å². The molecule has 2 rings (SSSR count). The molecule has 0 bridgehead atoms. The molecule has 0 radical (unpaired) electrons. The third-order valence-corrected chi connectivity index (χ3v) is 3.29. The quantitative estimate of drug-likeness (QED) is 0.790. The number of likely N-dealkylation sites (tertiary alicyclic amines) is 1. The molecule has 0 amide bonds. The summed E-state index contributed by atoms with van der Waals surface area (Å²) in [6, 6.07) is 2.50. The van der Waals surface area contributed by atoms with Crippen molar-refractivity contribution in [2.75, 3.05) is 18.9 Å². The summed E-state index contributed by atoms with van der Waals surface area (Å²) in [6.45, 7) is 2.23. The lowest BCUT2D eigenvalue weighted by atomic mass is 10.1. The van der Waals surface area contributed by atoms with E-state index < -0.39 is 0 Å². The Balaban J connectivity index is 1.93. The molecule has 5 heteroatoms. The van der Waals surface area contributed by atoms with Crippen molar-refractivity contribution < 1.29 is 5.11 Å². The predicted molar refractivity (Wildman–Crippen MR) is 66.2 cm³/mol. The molecule has 2 heterocycles. The van der Waals surface area contributed by atoms with Crippen LogP contribution in [0.3, 0.4) is 0 Å². The summed E-state index contributed by atoms with van der Waals surface area (Å²) in [4.78, 5) is 10.6. The van der Waals surface area contributed by atoms with E-state index in [0.717, 1.165) is 31.6 Å². The summed E-state index contributed by atoms with van der Waals surface area (Å²) < 4.78 is 0. The van der Waals surface area contributed by atoms with Gasteiger partial charge in [-0.15, -0.1) is 0 Å². The lowest BCUT2D eigenvalue weighted by Gasteiger charge is -2.23. The van der Waals surface area contributed by atoms with E-state index in [1.165, 1.54) is 12.8 Å². The molecule has 1 aromatic heterocycles. The molecule has 1 aliphatic rings. The first kappa shape index (κ1) is 12.3. The van der Waals surface area contributed by atoms with E-state index >= 15 is 0 Å². The molecule has 0 saturated carbocycles. The van der Waals surface area contributed by atoms with Gasteiger partial charge in [-0.25, -0.2) is 9.97 Å². The Kier molecular flexibility index (Phi) is 4.28. The highest BCUT2D eigenvalue weighted by Crippen LogP contribution is 2.22. The van der Waals surface area contributed by atoms with Crippen LogP contribution in [0.15, 0.2) is 12.3 Å². The Morgan fingerprint density at radius 2 is 2.41 bits per heavy atom. The third-order valence-electron chi connectivity index (χ3n) is 3.29. The van der Waals surface area contributed by atoms with Crippen molar-refractivity contribution in [1.29, 1.82) is 0 Å². The van der Waals surface area contributed by atoms with Crippen LogP contribution in [0.2, 0.25) is 0 Å². The average Bonchev–Trinajstić information content (AvgIpc) is 2.74. The zero-order chi connectivity index (χ0) is 12.1. The minimum atomic E-state index is 0.283. The van der Waals surface area contributed by atoms with Gasteiger partial charge in [0.25, 0.3) is 0 Å². The Labute approximate surface area is 102 Å². The van der Waals surface area contributed by atoms with Gasteiger partial charge in [0, 0.05) is 25.4 Å². The molecular formula is C12H20N4O. The number of nitrogen functional groups attached to an aromatic ring is 1. The van der Waals surface area contributed by atoms with Crippen LogP contribution in [0.4, 0.5) is 5.95 Å². The number of aliphatic hydroxyl groups excluding tert-OH is 1. The van der Waals surface area contributed by atoms with Crippen molar-refractivity contribution in [3.63, 3.8) is 0 Å². The molecule has 0 aliphatic carbocycles. The lowest BCUT2D eigenvalue weighted by molar-refractivity contribution is 0.208. The molecule has 17 heavy (non-hydrogen) atoms. The molecule has 1 saturated heterocycles. The van der Waals surface area contributed by atoms with Gasteiger partial charge in [-0.2, -0.15) is 0 Å². The summed E-state index contributed by atoms with van der Waals surface area (Å²) >= 11 is 0. The molecular weight excluding hydrogens is 216 g/mol. The molecule has 1 unspecified atom stereocenters. The van der Waals surface area contributed by atoms with Gasteiger partial charge in [0.15, 0.2) is 0 Å². The first-order valence-corrected chi connectivity index (χ1v) is 6.22. The minimum absolute atomic E-state index is 0.283. The molecule has 0 spiro atoms. The Morgan fingerprint density at radius 3 is 3.18 bits per heavy atom. The highest BCUT2D eigenvalue weighted by molar-refractivity contribution is 5.17. The second-order valence-corrected chi connectivity index (χ2v) is 4.54. The van der Waals surface area contributed by atoms with Crippen molar-refractivity contribution in [2.45, 2.75) is 38.3 Å². The Hall–Kier alpha value is -1.20. The van der Waals surface area contributed by atoms with Crippen LogP contribution in [0.25, 0.3) is 0 Å². The van der Waals surface area contributed by atoms with E-state index in [1.807, 2.05) is 6.07 Å². The number of hydrogen-bond acceptors (Lipinski definition) is 5. The lowest BCUT2D eigenvalue weighted by Crippen LogP contribution is -2.29. The normalized spacial score (nSPS) is 20.9. The fraction of sp³-hybridized carbons (Fsp3) is 0.667. The Morgan fingerprint density at radius 1 is 1.53 bits per heavy atom. The van der Waals surface area contributed by atoms with Gasteiger partial charge in [-0.3, -0.25) is 4.90 Å². The maximum Gasteiger partial charge on any atom is 0.220 e. The SMILES string of the molecule is Nc1nccc(CN2CCCC2CCCO)n1. The van der Waals surface area contributed by atoms with Crippen molar-refractivity contribution in [3.8, 4) is 0 Å². The zero-order valence-electron chi connectivity index (χ0n) is 10.0. The largest absolute Gasteiger partial charge is 0.396 e. The van der Waals surface area contributed by atoms with Crippen molar-refractivity contribution in [2.24, 2.45) is 0 Å². The molecule has 3 N–H and O–H groups in total. The highest BCUT2D eigenvalue weighted by Gasteiger charge is 2.24. The first-order valence-electron chi connectivity index (χ1n) is 6.22. The highest BCUT2D eigenvalue weighted by atomic mass is 16.2. The smallest absolute Gasteiger partial charge is 0.220 e. The minimum Gasteiger partial charge on any atom is -0.396 e. The van der Waals surface area contributed by atoms with Gasteiger partial charge < -0.3 is 10.8 Å². The third kappa shape index (κ3) is 3.38. The number of hydrogen-bond donors (Lipinski definition) is 2. The average molecular weight is 236 g/mol. The van der Waals surface area contributed by atoms with Crippen LogP contribution in [-0.2, 0) is 6.54 Å². The number of anilines is 1. The maximum atomic E-state index is 8.88. The monoisotopic (exact) mass is 236 g/mol. The molecule has 1 fully saturated rings. The fourth-order valence-corrected chi connectivity index (χ4v) is 2.47. The molecule has 5 nitrogen and oxygen atoms in total. The van der Waals surface area contributed by atoms with Crippen molar-refractivity contribution >= 4 is 5.95 Å². The van der Waals surface area contributed by atoms with Gasteiger partial charge in [0.05, 0.1) is 5.69 Å². The summed E-state index contributed by atoms with van der Waals surface area (Å²) in [6.07, 6.45) is 6.11. The number of aromatic nitrogens is 2. The molecule has 0 aromatic carbocycles. The van der Waals surface area contributed by atoms with Crippen LogP contribution in [-0.4, -0.2) is 39.2 Å². The Bertz CT molecular complexity index is 358. The van der Waals surface area contributed by atoms with E-state index in [-0.39, 0.29) is 6.61 Å². The second-order valence-electron chi connectivity index (χ2n) is 4.54. The topological polar surface area (TPSA) is 75.3 Å². The number of nitrogens with two attached hydrogens (primary N) is 1. The van der Waals surface area contributed by atoms with Crippen LogP contribution >= 0.6 is 0 Å². The zero-order valence-corrected chi connectivity index (χ0v) is 10.0. The van der Waals surface area contributed by atoms with E-state index in [0.29, 0.717) is 12.0 Å². The van der Waals surface area contributed by atoms with Gasteiger partial charge in [0.1, 0.15) is 0 Å². The van der Waals surface area contributed by atoms with Gasteiger partial charge in [-0.05, 0) is 38.3 Å². The van der Waals surface area contributed by atoms with E-state index in [1.54, 1.807) is 6.20 Å². The maximum absolute atomic E-state index is 8.88. The number of nitrogens with zero attached hydrogens (tertiary/aromatic N) is 3. The summed E-state index contributed by atoms with van der Waals surface area (Å²) in [5.74, 6) is 0.341. The molecule has 94 valence electrons. The second kappa shape index (κ2) is 5.93. The van der Waals surface area contributed by atoms with E-state index in [4.69, 9.17) is 10.8 Å². The van der Waals surface area contributed by atoms with E-state index in [9.17, 15) is 0 Å². The summed E-state index contributed by atoms with van der Waals surface area (Å²) in [7, 11) is 0. The van der Waals surface area contributed by atoms with Crippen molar-refractivity contribution in [3.05, 3.63) is 18.0 Å². The summed E-state index contributed by atoms with van der Waals surface area (Å²) in [5, 5.41) is 8.88. The van der Waals surface area contributed by atoms with Crippen LogP contribution in [0.1, 0.15) is 31.4 Å². The standard InChI is InChI=1S/C12H20N4O/c13-12-14-6-5-10(15-12)9-16-7-1-3-11(16)4-2-8-17/h5-6,11,17H,1-4,7-9H2,(H2,13,14,15). The molecule has 1 aliphatic heterocycles. The van der Waals surface area contributed by atoms with Crippen LogP contribution in [0.5, 0.6) is 0 Å². The van der Waals surface area contributed by atoms with Gasteiger partial charge in [-0.1, -0.05) is 0 Å². The predicted octanol–water partition coefficient (Wildman–Crippen LogP) is 0.796. The van der Waals surface area contributed by atoms with Gasteiger partial charge >= 0.3 is 0 Å². The van der Waals surface area contributed by atoms with Crippen LogP contribution in [0, 0.1) is 0 Å². The first-order chi connectivity index (χ1) is 8.29. The molecule has 1 aromatic rings. The van der Waals surface area contributed by atoms with Crippen LogP contribution < -0.4 is 5.73 Å². The fourth-order valence-electron chi connectivity index (χ4n) is 2.47. The van der Waals surface area contributed by atoms with E-state index in [2.05, 4.69) is 14.9 Å². The number of rotatable bonds is 5. The summed E-state index contributed by atoms with van der Waals surface area (Å²) in [5.41, 5.74) is 6.55. The number of aliphatic hydroxyl groups is 1. The van der Waals surface area contributed by atoms with Gasteiger partial charge in [0.2, 0.25) is 5.95 Å².